The van der Waals surface area contributed by atoms with Crippen LogP contribution in [-0.4, -0.2) is 11.9 Å². The predicted molar refractivity (Wildman–Crippen MR) is 105 cm³/mol. The lowest BCUT2D eigenvalue weighted by Crippen LogP contribution is -2.49. The topological polar surface area (TPSA) is 33.0 Å². The van der Waals surface area contributed by atoms with E-state index >= 15 is 0 Å². The van der Waals surface area contributed by atoms with E-state index in [0.717, 1.165) is 12.8 Å². The monoisotopic (exact) mass is 351 g/mol. The molecule has 1 saturated carbocycles. The highest BCUT2D eigenvalue weighted by molar-refractivity contribution is 5.74. The smallest absolute Gasteiger partial charge is 0.286 e. The first-order valence-electron chi connectivity index (χ1n) is 9.90. The van der Waals surface area contributed by atoms with E-state index in [9.17, 15) is 4.79 Å². The lowest BCUT2D eigenvalue weighted by molar-refractivity contribution is -0.684. The first-order valence-corrected chi connectivity index (χ1v) is 9.90. The van der Waals surface area contributed by atoms with Gasteiger partial charge >= 0.3 is 0 Å². The summed E-state index contributed by atoms with van der Waals surface area (Å²) in [5.74, 6) is 1.90. The molecule has 4 atom stereocenters. The zero-order chi connectivity index (χ0) is 18.4. The molecule has 1 N–H and O–H groups in total. The third-order valence-electron chi connectivity index (χ3n) is 5.73. The lowest BCUT2D eigenvalue weighted by atomic mass is 9.74. The molecule has 26 heavy (non-hydrogen) atoms. The van der Waals surface area contributed by atoms with Crippen LogP contribution in [0.25, 0.3) is 0 Å². The molecule has 0 bridgehead atoms. The van der Waals surface area contributed by atoms with Crippen molar-refractivity contribution in [2.24, 2.45) is 11.8 Å². The van der Waals surface area contributed by atoms with Crippen molar-refractivity contribution in [3.8, 4) is 0 Å². The molecule has 1 aliphatic rings. The third kappa shape index (κ3) is 5.17. The molecule has 0 saturated heterocycles. The summed E-state index contributed by atoms with van der Waals surface area (Å²) in [6.45, 7) is 5.01. The Kier molecular flexibility index (Phi) is 6.43. The molecule has 0 aliphatic heterocycles. The number of carbonyl (C=O) groups is 1. The van der Waals surface area contributed by atoms with E-state index in [0.29, 0.717) is 30.3 Å². The Morgan fingerprint density at radius 3 is 2.54 bits per heavy atom. The summed E-state index contributed by atoms with van der Waals surface area (Å²) in [6.07, 6.45) is 8.60. The molecule has 1 aromatic carbocycles. The number of rotatable bonds is 6. The van der Waals surface area contributed by atoms with Gasteiger partial charge in [0.25, 0.3) is 5.91 Å². The minimum atomic E-state index is 0.123. The zero-order valence-corrected chi connectivity index (χ0v) is 16.0. The highest BCUT2D eigenvalue weighted by atomic mass is 16.2. The molecular weight excluding hydrogens is 320 g/mol. The quantitative estimate of drug-likeness (QED) is 0.781. The maximum Gasteiger partial charge on any atom is 0.286 e. The summed E-state index contributed by atoms with van der Waals surface area (Å²) >= 11 is 0. The molecule has 1 amide bonds. The molecular formula is C23H31N2O+. The molecule has 3 rings (SSSR count). The van der Waals surface area contributed by atoms with Crippen LogP contribution < -0.4 is 9.88 Å². The largest absolute Gasteiger partial charge is 0.348 e. The minimum Gasteiger partial charge on any atom is -0.348 e. The van der Waals surface area contributed by atoms with Crippen LogP contribution in [0.1, 0.15) is 51.0 Å². The fraction of sp³-hybridized carbons (Fsp3) is 0.478. The fourth-order valence-corrected chi connectivity index (χ4v) is 4.23. The van der Waals surface area contributed by atoms with Gasteiger partial charge in [-0.05, 0) is 42.6 Å². The predicted octanol–water partition coefficient (Wildman–Crippen LogP) is 4.09. The summed E-state index contributed by atoms with van der Waals surface area (Å²) < 4.78 is 1.93. The van der Waals surface area contributed by atoms with Crippen LogP contribution in [-0.2, 0) is 11.3 Å². The maximum absolute atomic E-state index is 12.6. The Hall–Kier alpha value is -2.16. The van der Waals surface area contributed by atoms with Gasteiger partial charge in [-0.1, -0.05) is 56.7 Å². The van der Waals surface area contributed by atoms with Gasteiger partial charge in [-0.3, -0.25) is 4.79 Å². The summed E-state index contributed by atoms with van der Waals surface area (Å²) in [7, 11) is 0. The Balaban J connectivity index is 1.61. The third-order valence-corrected chi connectivity index (χ3v) is 5.73. The zero-order valence-electron chi connectivity index (χ0n) is 16.0. The first kappa shape index (κ1) is 18.6. The van der Waals surface area contributed by atoms with Crippen LogP contribution >= 0.6 is 0 Å². The van der Waals surface area contributed by atoms with E-state index in [1.165, 1.54) is 18.4 Å². The molecule has 2 aromatic rings. The van der Waals surface area contributed by atoms with Crippen molar-refractivity contribution in [2.45, 2.75) is 58.0 Å². The van der Waals surface area contributed by atoms with Crippen LogP contribution in [0.4, 0.5) is 0 Å². The van der Waals surface area contributed by atoms with Crippen LogP contribution in [0.5, 0.6) is 0 Å². The van der Waals surface area contributed by atoms with Crippen molar-refractivity contribution >= 4 is 5.91 Å². The Labute approximate surface area is 157 Å². The van der Waals surface area contributed by atoms with Crippen molar-refractivity contribution in [3.05, 3.63) is 66.5 Å². The van der Waals surface area contributed by atoms with Gasteiger partial charge in [0.15, 0.2) is 12.4 Å². The summed E-state index contributed by atoms with van der Waals surface area (Å²) in [4.78, 5) is 12.6. The summed E-state index contributed by atoms with van der Waals surface area (Å²) in [5.41, 5.74) is 1.40. The number of benzene rings is 1. The van der Waals surface area contributed by atoms with Crippen molar-refractivity contribution in [1.29, 1.82) is 0 Å². The number of hydrogen-bond donors (Lipinski definition) is 1. The van der Waals surface area contributed by atoms with Gasteiger partial charge < -0.3 is 5.32 Å². The molecule has 138 valence electrons. The Morgan fingerprint density at radius 1 is 1.12 bits per heavy atom. The van der Waals surface area contributed by atoms with Gasteiger partial charge in [-0.25, -0.2) is 0 Å². The van der Waals surface area contributed by atoms with Crippen LogP contribution in [0.15, 0.2) is 60.9 Å². The van der Waals surface area contributed by atoms with E-state index in [1.54, 1.807) is 0 Å². The van der Waals surface area contributed by atoms with Crippen molar-refractivity contribution in [1.82, 2.24) is 5.32 Å². The van der Waals surface area contributed by atoms with Crippen LogP contribution in [0, 0.1) is 11.8 Å². The molecule has 3 heteroatoms. The fourth-order valence-electron chi connectivity index (χ4n) is 4.23. The van der Waals surface area contributed by atoms with Crippen LogP contribution in [0.2, 0.25) is 0 Å². The minimum absolute atomic E-state index is 0.123. The van der Waals surface area contributed by atoms with E-state index < -0.39 is 0 Å². The van der Waals surface area contributed by atoms with Crippen molar-refractivity contribution < 1.29 is 9.36 Å². The molecule has 1 aliphatic carbocycles. The van der Waals surface area contributed by atoms with Gasteiger partial charge in [0.2, 0.25) is 6.54 Å². The molecule has 1 heterocycles. The molecule has 1 aromatic heterocycles. The average Bonchev–Trinajstić information content (AvgIpc) is 2.65. The van der Waals surface area contributed by atoms with Crippen molar-refractivity contribution in [3.63, 3.8) is 0 Å². The molecule has 0 radical (unpaired) electrons. The normalized spacial score (nSPS) is 24.0. The van der Waals surface area contributed by atoms with Gasteiger partial charge in [0, 0.05) is 18.2 Å². The number of nitrogens with zero attached hydrogens (tertiary/aromatic N) is 1. The highest BCUT2D eigenvalue weighted by Crippen LogP contribution is 2.35. The van der Waals surface area contributed by atoms with Gasteiger partial charge in [0.05, 0.1) is 0 Å². The number of pyridine rings is 1. The van der Waals surface area contributed by atoms with Gasteiger partial charge in [-0.15, -0.1) is 0 Å². The van der Waals surface area contributed by atoms with E-state index in [2.05, 4.69) is 49.5 Å². The standard InChI is InChI=1S/C23H30N2O/c1-18-11-12-21(16-19(2)20-9-5-3-6-10-20)22(15-18)24-23(26)17-25-13-7-4-8-14-25/h3-10,13-14,18-19,21-22H,11-12,15-17H2,1-2H3/p+1/t18-,19?,21+,22-/m0/s1. The second kappa shape index (κ2) is 8.98. The molecule has 1 unspecified atom stereocenters. The van der Waals surface area contributed by atoms with Gasteiger partial charge in [0.1, 0.15) is 0 Å². The molecule has 1 fully saturated rings. The first-order chi connectivity index (χ1) is 12.6. The Bertz CT molecular complexity index is 686. The number of carbonyl (C=O) groups excluding carboxylic acids is 1. The number of nitrogens with one attached hydrogen (secondary N) is 1. The second-order valence-electron chi connectivity index (χ2n) is 7.95. The number of hydrogen-bond acceptors (Lipinski definition) is 1. The molecule has 0 spiro atoms. The molecule has 3 nitrogen and oxygen atoms in total. The van der Waals surface area contributed by atoms with Crippen LogP contribution in [0.3, 0.4) is 0 Å². The SMILES string of the molecule is CC(C[C@H]1CC[C@H](C)C[C@@H]1NC(=O)C[n+]1ccccc1)c1ccccc1. The van der Waals surface area contributed by atoms with E-state index in [-0.39, 0.29) is 5.91 Å². The Morgan fingerprint density at radius 2 is 1.81 bits per heavy atom. The number of aromatic nitrogens is 1. The van der Waals surface area contributed by atoms with E-state index in [1.807, 2.05) is 35.2 Å². The highest BCUT2D eigenvalue weighted by Gasteiger charge is 2.31. The average molecular weight is 352 g/mol. The van der Waals surface area contributed by atoms with Crippen molar-refractivity contribution in [2.75, 3.05) is 0 Å². The summed E-state index contributed by atoms with van der Waals surface area (Å²) in [5, 5.41) is 3.34. The van der Waals surface area contributed by atoms with Gasteiger partial charge in [-0.2, -0.15) is 4.57 Å². The van der Waals surface area contributed by atoms with E-state index in [4.69, 9.17) is 0 Å². The number of amides is 1. The second-order valence-corrected chi connectivity index (χ2v) is 7.95. The maximum atomic E-state index is 12.6. The summed E-state index contributed by atoms with van der Waals surface area (Å²) in [6, 6.07) is 16.9. The lowest BCUT2D eigenvalue weighted by Gasteiger charge is -2.36.